The summed E-state index contributed by atoms with van der Waals surface area (Å²) in [6, 6.07) is 20.9. The van der Waals surface area contributed by atoms with Crippen LogP contribution in [0.2, 0.25) is 0 Å². The lowest BCUT2D eigenvalue weighted by atomic mass is 9.88. The molecule has 3 aromatic carbocycles. The summed E-state index contributed by atoms with van der Waals surface area (Å²) < 4.78 is 72.5. The number of alkyl halides is 2. The maximum Gasteiger partial charge on any atom is 0.326 e. The second kappa shape index (κ2) is 11.0. The van der Waals surface area contributed by atoms with Gasteiger partial charge in [-0.3, -0.25) is 4.98 Å². The van der Waals surface area contributed by atoms with Gasteiger partial charge in [0.25, 0.3) is 0 Å². The Bertz CT molecular complexity index is 1860. The summed E-state index contributed by atoms with van der Waals surface area (Å²) in [7, 11) is 0. The third-order valence-electron chi connectivity index (χ3n) is 6.77. The van der Waals surface area contributed by atoms with Crippen LogP contribution in [0.15, 0.2) is 91.4 Å². The zero-order valence-corrected chi connectivity index (χ0v) is 22.0. The minimum absolute atomic E-state index is 0.329. The Morgan fingerprint density at radius 2 is 1.65 bits per heavy atom. The Hall–Kier alpha value is -5.59. The zero-order valence-electron chi connectivity index (χ0n) is 22.0. The molecule has 0 bridgehead atoms. The van der Waals surface area contributed by atoms with E-state index < -0.39 is 40.6 Å². The molecule has 2 aromatic heterocycles. The van der Waals surface area contributed by atoms with Crippen LogP contribution < -0.4 is 4.74 Å². The molecule has 0 saturated carbocycles. The van der Waals surface area contributed by atoms with Crippen molar-refractivity contribution in [1.29, 1.82) is 5.26 Å². The number of nitriles is 1. The number of hydrogen-bond donors (Lipinski definition) is 0. The summed E-state index contributed by atoms with van der Waals surface area (Å²) in [6.07, 6.45) is 0.771. The summed E-state index contributed by atoms with van der Waals surface area (Å²) in [5, 5.41) is 19.4. The van der Waals surface area contributed by atoms with Crippen molar-refractivity contribution in [2.45, 2.75) is 24.4 Å². The molecule has 0 amide bonds. The van der Waals surface area contributed by atoms with Crippen LogP contribution in [0.3, 0.4) is 0 Å². The second-order valence-corrected chi connectivity index (χ2v) is 9.50. The van der Waals surface area contributed by atoms with Crippen molar-refractivity contribution in [2.75, 3.05) is 0 Å². The van der Waals surface area contributed by atoms with E-state index in [-0.39, 0.29) is 0 Å². The van der Waals surface area contributed by atoms with E-state index in [2.05, 4.69) is 38.4 Å². The van der Waals surface area contributed by atoms with Gasteiger partial charge in [-0.15, -0.1) is 5.10 Å². The topological polar surface area (TPSA) is 102 Å². The molecule has 1 aliphatic rings. The first kappa shape index (κ1) is 27.6. The molecule has 2 atom stereocenters. The fourth-order valence-electron chi connectivity index (χ4n) is 4.51. The number of hydrogen-bond acceptors (Lipinski definition) is 7. The van der Waals surface area contributed by atoms with Crippen LogP contribution in [0, 0.1) is 34.8 Å². The smallest absolute Gasteiger partial charge is 0.326 e. The molecular weight excluding hydrogens is 564 g/mol. The highest BCUT2D eigenvalue weighted by Gasteiger charge is 2.76. The van der Waals surface area contributed by atoms with Gasteiger partial charge in [0, 0.05) is 29.0 Å². The summed E-state index contributed by atoms with van der Waals surface area (Å²) in [4.78, 5) is 3.91. The van der Waals surface area contributed by atoms with Gasteiger partial charge in [0.1, 0.15) is 36.0 Å². The Morgan fingerprint density at radius 3 is 2.30 bits per heavy atom. The molecule has 212 valence electrons. The van der Waals surface area contributed by atoms with E-state index in [1.165, 1.54) is 12.3 Å². The minimum atomic E-state index is -3.87. The summed E-state index contributed by atoms with van der Waals surface area (Å²) in [6.45, 7) is 0.329. The fourth-order valence-corrected chi connectivity index (χ4v) is 4.51. The van der Waals surface area contributed by atoms with Crippen LogP contribution in [-0.4, -0.2) is 25.2 Å². The van der Waals surface area contributed by atoms with E-state index in [1.54, 1.807) is 36.4 Å². The van der Waals surface area contributed by atoms with Gasteiger partial charge < -0.3 is 9.47 Å². The summed E-state index contributed by atoms with van der Waals surface area (Å²) in [5.41, 5.74) is -1.34. The SMILES string of the molecule is N#Cc1ccc(COc2ccc(C#Cc3ccc(C(F)(F)[C@@]4(c5ccc(F)cc5F)OC4n4cnnn4)nc3)cc2)cc1. The van der Waals surface area contributed by atoms with Gasteiger partial charge in [-0.2, -0.15) is 14.0 Å². The van der Waals surface area contributed by atoms with Gasteiger partial charge >= 0.3 is 5.92 Å². The maximum atomic E-state index is 16.0. The standard InChI is InChI=1S/C31H18F4N6O2/c32-24-10-13-26(27(33)15-24)30(29(43-30)41-19-38-39-40-41)31(34,35)28-14-9-22(17-37-28)4-1-20-7-11-25(12-8-20)42-18-23-5-2-21(16-36)3-6-23/h2-3,5-15,17,19,29H,18H2/t29?,30-/m0/s1. The Labute approximate surface area is 242 Å². The van der Waals surface area contributed by atoms with Crippen molar-refractivity contribution in [3.63, 3.8) is 0 Å². The van der Waals surface area contributed by atoms with Crippen molar-refractivity contribution in [3.05, 3.63) is 137 Å². The highest BCUT2D eigenvalue weighted by molar-refractivity contribution is 5.45. The molecule has 43 heavy (non-hydrogen) atoms. The number of ether oxygens (including phenoxy) is 2. The zero-order chi connectivity index (χ0) is 30.0. The molecule has 6 rings (SSSR count). The molecule has 1 unspecified atom stereocenters. The number of benzene rings is 3. The first-order valence-corrected chi connectivity index (χ1v) is 12.7. The first-order valence-electron chi connectivity index (χ1n) is 12.7. The third-order valence-corrected chi connectivity index (χ3v) is 6.77. The van der Waals surface area contributed by atoms with Crippen molar-refractivity contribution in [3.8, 4) is 23.7 Å². The normalized spacial score (nSPS) is 17.4. The molecule has 0 radical (unpaired) electrons. The predicted molar refractivity (Wildman–Crippen MR) is 142 cm³/mol. The summed E-state index contributed by atoms with van der Waals surface area (Å²) in [5.74, 6) is 0.431. The number of rotatable bonds is 7. The highest BCUT2D eigenvalue weighted by atomic mass is 19.3. The van der Waals surface area contributed by atoms with Gasteiger partial charge in [-0.25, -0.2) is 13.5 Å². The number of nitrogens with zero attached hydrogens (tertiary/aromatic N) is 6. The lowest BCUT2D eigenvalue weighted by Crippen LogP contribution is -2.36. The number of aromatic nitrogens is 5. The minimum Gasteiger partial charge on any atom is -0.489 e. The Kier molecular flexibility index (Phi) is 7.06. The molecule has 1 aliphatic heterocycles. The molecular formula is C31H18F4N6O2. The lowest BCUT2D eigenvalue weighted by Gasteiger charge is -2.24. The van der Waals surface area contributed by atoms with Crippen LogP contribution >= 0.6 is 0 Å². The van der Waals surface area contributed by atoms with Crippen molar-refractivity contribution in [1.82, 2.24) is 25.2 Å². The largest absolute Gasteiger partial charge is 0.489 e. The monoisotopic (exact) mass is 582 g/mol. The molecule has 5 aromatic rings. The van der Waals surface area contributed by atoms with Crippen LogP contribution in [0.5, 0.6) is 5.75 Å². The quantitative estimate of drug-likeness (QED) is 0.144. The van der Waals surface area contributed by atoms with E-state index in [9.17, 15) is 8.78 Å². The number of halogens is 4. The highest BCUT2D eigenvalue weighted by Crippen LogP contribution is 2.65. The van der Waals surface area contributed by atoms with Crippen molar-refractivity contribution < 1.29 is 27.0 Å². The lowest BCUT2D eigenvalue weighted by molar-refractivity contribution is -0.0910. The number of tetrazole rings is 1. The van der Waals surface area contributed by atoms with Crippen molar-refractivity contribution in [2.24, 2.45) is 0 Å². The molecule has 12 heteroatoms. The van der Waals surface area contributed by atoms with Gasteiger partial charge in [-0.1, -0.05) is 24.0 Å². The fraction of sp³-hybridized carbons (Fsp3) is 0.129. The number of pyridine rings is 1. The van der Waals surface area contributed by atoms with E-state index in [0.717, 1.165) is 34.8 Å². The predicted octanol–water partition coefficient (Wildman–Crippen LogP) is 5.41. The molecule has 1 saturated heterocycles. The van der Waals surface area contributed by atoms with E-state index in [0.29, 0.717) is 35.1 Å². The van der Waals surface area contributed by atoms with Gasteiger partial charge in [0.05, 0.1) is 11.6 Å². The van der Waals surface area contributed by atoms with Crippen LogP contribution in [0.1, 0.15) is 39.7 Å². The average Bonchev–Trinajstić information content (AvgIpc) is 3.55. The van der Waals surface area contributed by atoms with Gasteiger partial charge in [0.15, 0.2) is 6.23 Å². The van der Waals surface area contributed by atoms with Crippen LogP contribution in [0.4, 0.5) is 17.6 Å². The van der Waals surface area contributed by atoms with Crippen LogP contribution in [-0.2, 0) is 22.9 Å². The molecule has 0 aliphatic carbocycles. The molecule has 0 spiro atoms. The molecule has 1 fully saturated rings. The molecule has 3 heterocycles. The van der Waals surface area contributed by atoms with Crippen molar-refractivity contribution >= 4 is 0 Å². The molecule has 8 nitrogen and oxygen atoms in total. The summed E-state index contributed by atoms with van der Waals surface area (Å²) >= 11 is 0. The van der Waals surface area contributed by atoms with Gasteiger partial charge in [0.2, 0.25) is 5.60 Å². The Balaban J connectivity index is 1.18. The maximum absolute atomic E-state index is 16.0. The first-order chi connectivity index (χ1) is 20.8. The Morgan fingerprint density at radius 1 is 0.930 bits per heavy atom. The third kappa shape index (κ3) is 5.27. The average molecular weight is 583 g/mol. The number of epoxide rings is 1. The van der Waals surface area contributed by atoms with E-state index in [4.69, 9.17) is 14.7 Å². The van der Waals surface area contributed by atoms with Gasteiger partial charge in [-0.05, 0) is 76.7 Å². The van der Waals surface area contributed by atoms with E-state index >= 15 is 8.78 Å². The second-order valence-electron chi connectivity index (χ2n) is 9.50. The van der Waals surface area contributed by atoms with E-state index in [1.807, 2.05) is 12.1 Å². The van der Waals surface area contributed by atoms with Crippen LogP contribution in [0.25, 0.3) is 0 Å². The molecule has 0 N–H and O–H groups in total.